The molecule has 0 aromatic heterocycles. The fourth-order valence-electron chi connectivity index (χ4n) is 1.51. The van der Waals surface area contributed by atoms with E-state index in [0.717, 1.165) is 24.3 Å². The molecule has 0 aliphatic heterocycles. The summed E-state index contributed by atoms with van der Waals surface area (Å²) in [5, 5.41) is 0.0286. The largest absolute Gasteiger partial charge is 0.288 e. The van der Waals surface area contributed by atoms with Crippen molar-refractivity contribution in [3.05, 3.63) is 70.0 Å². The van der Waals surface area contributed by atoms with Gasteiger partial charge in [-0.25, -0.2) is 13.2 Å². The van der Waals surface area contributed by atoms with Crippen LogP contribution >= 0.6 is 11.6 Å². The topological polar surface area (TPSA) is 17.1 Å². The van der Waals surface area contributed by atoms with E-state index in [1.54, 1.807) is 0 Å². The van der Waals surface area contributed by atoms with E-state index in [-0.39, 0.29) is 16.1 Å². The Balaban J connectivity index is 2.47. The first-order valence-electron chi connectivity index (χ1n) is 4.93. The molecule has 92 valence electrons. The Morgan fingerprint density at radius 1 is 0.944 bits per heavy atom. The first-order chi connectivity index (χ1) is 8.47. The maximum absolute atomic E-state index is 13.4. The van der Waals surface area contributed by atoms with Gasteiger partial charge in [0.1, 0.15) is 17.5 Å². The van der Waals surface area contributed by atoms with Crippen LogP contribution in [0.25, 0.3) is 0 Å². The first kappa shape index (κ1) is 12.6. The van der Waals surface area contributed by atoms with Gasteiger partial charge in [-0.05, 0) is 30.3 Å². The molecule has 1 nitrogen and oxygen atoms in total. The number of rotatable bonds is 2. The summed E-state index contributed by atoms with van der Waals surface area (Å²) >= 11 is 5.60. The molecular weight excluding hydrogens is 265 g/mol. The van der Waals surface area contributed by atoms with Gasteiger partial charge in [0, 0.05) is 16.7 Å². The van der Waals surface area contributed by atoms with Crippen LogP contribution in [0.15, 0.2) is 36.4 Å². The lowest BCUT2D eigenvalue weighted by atomic mass is 10.0. The van der Waals surface area contributed by atoms with E-state index in [0.29, 0.717) is 6.07 Å². The van der Waals surface area contributed by atoms with Crippen LogP contribution in [0.2, 0.25) is 5.02 Å². The van der Waals surface area contributed by atoms with Crippen molar-refractivity contribution in [3.8, 4) is 0 Å². The van der Waals surface area contributed by atoms with Crippen molar-refractivity contribution < 1.29 is 18.0 Å². The van der Waals surface area contributed by atoms with E-state index < -0.39 is 23.2 Å². The highest BCUT2D eigenvalue weighted by Crippen LogP contribution is 2.19. The predicted octanol–water partition coefficient (Wildman–Crippen LogP) is 3.99. The smallest absolute Gasteiger partial charge is 0.196 e. The second-order valence-electron chi connectivity index (χ2n) is 3.61. The van der Waals surface area contributed by atoms with Gasteiger partial charge in [-0.2, -0.15) is 0 Å². The summed E-state index contributed by atoms with van der Waals surface area (Å²) in [6.07, 6.45) is 0. The van der Waals surface area contributed by atoms with Gasteiger partial charge in [-0.1, -0.05) is 11.6 Å². The Hall–Kier alpha value is -1.81. The number of carbonyl (C=O) groups is 1. The monoisotopic (exact) mass is 270 g/mol. The standard InChI is InChI=1S/C13H6ClF3O/c14-8-3-7(4-10(16)5-8)13(18)11-2-1-9(15)6-12(11)17/h1-6H. The quantitative estimate of drug-likeness (QED) is 0.754. The minimum Gasteiger partial charge on any atom is -0.288 e. The molecule has 0 unspecified atom stereocenters. The summed E-state index contributed by atoms with van der Waals surface area (Å²) in [4.78, 5) is 11.9. The van der Waals surface area contributed by atoms with Crippen molar-refractivity contribution in [2.45, 2.75) is 0 Å². The van der Waals surface area contributed by atoms with Gasteiger partial charge >= 0.3 is 0 Å². The van der Waals surface area contributed by atoms with Crippen LogP contribution in [-0.2, 0) is 0 Å². The fraction of sp³-hybridized carbons (Fsp3) is 0. The van der Waals surface area contributed by atoms with Gasteiger partial charge in [-0.3, -0.25) is 4.79 Å². The van der Waals surface area contributed by atoms with Crippen LogP contribution in [0.4, 0.5) is 13.2 Å². The normalized spacial score (nSPS) is 10.4. The van der Waals surface area contributed by atoms with Gasteiger partial charge in [0.15, 0.2) is 5.78 Å². The average Bonchev–Trinajstić information content (AvgIpc) is 2.26. The summed E-state index contributed by atoms with van der Waals surface area (Å²) in [7, 11) is 0. The molecule has 18 heavy (non-hydrogen) atoms. The molecule has 2 aromatic rings. The molecule has 0 bridgehead atoms. The summed E-state index contributed by atoms with van der Waals surface area (Å²) < 4.78 is 39.2. The highest BCUT2D eigenvalue weighted by molar-refractivity contribution is 6.31. The molecule has 2 aromatic carbocycles. The molecule has 0 fully saturated rings. The fourth-order valence-corrected chi connectivity index (χ4v) is 1.74. The number of carbonyl (C=O) groups excluding carboxylic acids is 1. The Bertz CT molecular complexity index is 605. The Labute approximate surface area is 106 Å². The van der Waals surface area contributed by atoms with E-state index >= 15 is 0 Å². The second-order valence-corrected chi connectivity index (χ2v) is 4.05. The van der Waals surface area contributed by atoms with Crippen LogP contribution < -0.4 is 0 Å². The molecule has 2 rings (SSSR count). The molecule has 5 heteroatoms. The van der Waals surface area contributed by atoms with E-state index in [1.807, 2.05) is 0 Å². The van der Waals surface area contributed by atoms with E-state index in [4.69, 9.17) is 11.6 Å². The van der Waals surface area contributed by atoms with E-state index in [1.165, 1.54) is 6.07 Å². The molecule has 0 radical (unpaired) electrons. The van der Waals surface area contributed by atoms with Crippen molar-refractivity contribution in [3.63, 3.8) is 0 Å². The SMILES string of the molecule is O=C(c1cc(F)cc(Cl)c1)c1ccc(F)cc1F. The van der Waals surface area contributed by atoms with Crippen molar-refractivity contribution in [2.24, 2.45) is 0 Å². The van der Waals surface area contributed by atoms with Gasteiger partial charge in [0.25, 0.3) is 0 Å². The summed E-state index contributed by atoms with van der Waals surface area (Å²) in [5.74, 6) is -3.25. The number of hydrogen-bond donors (Lipinski definition) is 0. The third-order valence-electron chi connectivity index (χ3n) is 2.30. The highest BCUT2D eigenvalue weighted by Gasteiger charge is 2.15. The van der Waals surface area contributed by atoms with Gasteiger partial charge in [0.2, 0.25) is 0 Å². The maximum atomic E-state index is 13.4. The summed E-state index contributed by atoms with van der Waals surface area (Å²) in [5.41, 5.74) is -0.427. The maximum Gasteiger partial charge on any atom is 0.196 e. The molecule has 0 saturated heterocycles. The van der Waals surface area contributed by atoms with E-state index in [2.05, 4.69) is 0 Å². The van der Waals surface area contributed by atoms with Crippen molar-refractivity contribution in [2.75, 3.05) is 0 Å². The van der Waals surface area contributed by atoms with Crippen LogP contribution in [0, 0.1) is 17.5 Å². The van der Waals surface area contributed by atoms with Crippen LogP contribution in [0.1, 0.15) is 15.9 Å². The zero-order valence-corrected chi connectivity index (χ0v) is 9.64. The number of halogens is 4. The van der Waals surface area contributed by atoms with Gasteiger partial charge in [0.05, 0.1) is 5.56 Å². The van der Waals surface area contributed by atoms with E-state index in [9.17, 15) is 18.0 Å². The Morgan fingerprint density at radius 3 is 2.28 bits per heavy atom. The molecule has 0 spiro atoms. The van der Waals surface area contributed by atoms with Gasteiger partial charge < -0.3 is 0 Å². The summed E-state index contributed by atoms with van der Waals surface area (Å²) in [6.45, 7) is 0. The molecule has 0 amide bonds. The lowest BCUT2D eigenvalue weighted by Gasteiger charge is -2.04. The zero-order chi connectivity index (χ0) is 13.3. The van der Waals surface area contributed by atoms with Crippen molar-refractivity contribution in [1.29, 1.82) is 0 Å². The molecule has 0 saturated carbocycles. The van der Waals surface area contributed by atoms with Crippen LogP contribution in [0.5, 0.6) is 0 Å². The molecule has 0 heterocycles. The molecular formula is C13H6ClF3O. The minimum atomic E-state index is -1.000. The number of benzene rings is 2. The van der Waals surface area contributed by atoms with Crippen LogP contribution in [-0.4, -0.2) is 5.78 Å². The predicted molar refractivity (Wildman–Crippen MR) is 61.2 cm³/mol. The number of ketones is 1. The summed E-state index contributed by atoms with van der Waals surface area (Å²) in [6, 6.07) is 5.74. The molecule has 0 aliphatic rings. The third-order valence-corrected chi connectivity index (χ3v) is 2.52. The van der Waals surface area contributed by atoms with Crippen LogP contribution in [0.3, 0.4) is 0 Å². The zero-order valence-electron chi connectivity index (χ0n) is 8.88. The van der Waals surface area contributed by atoms with Gasteiger partial charge in [-0.15, -0.1) is 0 Å². The lowest BCUT2D eigenvalue weighted by Crippen LogP contribution is -2.05. The molecule has 0 N–H and O–H groups in total. The Morgan fingerprint density at radius 2 is 1.67 bits per heavy atom. The highest BCUT2D eigenvalue weighted by atomic mass is 35.5. The molecule has 0 aliphatic carbocycles. The second kappa shape index (κ2) is 4.82. The average molecular weight is 271 g/mol. The minimum absolute atomic E-state index is 0.0286. The van der Waals surface area contributed by atoms with Crippen molar-refractivity contribution >= 4 is 17.4 Å². The molecule has 0 atom stereocenters. The van der Waals surface area contributed by atoms with Crippen molar-refractivity contribution in [1.82, 2.24) is 0 Å². The lowest BCUT2D eigenvalue weighted by molar-refractivity contribution is 0.103. The third kappa shape index (κ3) is 2.54. The number of hydrogen-bond acceptors (Lipinski definition) is 1. The first-order valence-corrected chi connectivity index (χ1v) is 5.31. The Kier molecular flexibility index (Phi) is 3.39.